The topological polar surface area (TPSA) is 69.0 Å². The lowest BCUT2D eigenvalue weighted by Gasteiger charge is -2.14. The van der Waals surface area contributed by atoms with E-state index in [1.165, 1.54) is 4.90 Å². The number of methoxy groups -OCH3 is 1. The molecule has 0 bridgehead atoms. The molecule has 1 N–H and O–H groups in total. The Balaban J connectivity index is 1.92. The van der Waals surface area contributed by atoms with Crippen LogP contribution in [0.3, 0.4) is 0 Å². The van der Waals surface area contributed by atoms with Gasteiger partial charge in [0.15, 0.2) is 5.82 Å². The summed E-state index contributed by atoms with van der Waals surface area (Å²) < 4.78 is 6.95. The van der Waals surface area contributed by atoms with Crippen LogP contribution in [0.1, 0.15) is 24.4 Å². The van der Waals surface area contributed by atoms with E-state index >= 15 is 0 Å². The van der Waals surface area contributed by atoms with Gasteiger partial charge < -0.3 is 14.6 Å². The molecule has 0 radical (unpaired) electrons. The van der Waals surface area contributed by atoms with Crippen LogP contribution in [0, 0.1) is 0 Å². The van der Waals surface area contributed by atoms with Crippen LogP contribution in [0.25, 0.3) is 0 Å². The third-order valence-electron chi connectivity index (χ3n) is 3.47. The molecule has 2 rings (SSSR count). The Hall–Kier alpha value is -1.86. The average molecular weight is 334 g/mol. The molecule has 0 saturated carbocycles. The van der Waals surface area contributed by atoms with Crippen molar-refractivity contribution in [2.75, 3.05) is 20.0 Å². The summed E-state index contributed by atoms with van der Waals surface area (Å²) in [6.07, 6.45) is 4.03. The molecular formula is C16H22N4O2S. The quantitative estimate of drug-likeness (QED) is 0.749. The van der Waals surface area contributed by atoms with Crippen LogP contribution in [0.5, 0.6) is 0 Å². The fourth-order valence-electron chi connectivity index (χ4n) is 2.25. The standard InChI is InChI=1S/C16H22N4O2S/c1-12(16-19-17-11-20(16)8-9-22-2)18-15(21)10-13-4-6-14(23-3)7-5-13/h4-7,11-12H,8-10H2,1-3H3,(H,18,21). The zero-order chi connectivity index (χ0) is 16.7. The molecule has 0 aliphatic rings. The number of carbonyl (C=O) groups is 1. The molecule has 0 saturated heterocycles. The Labute approximate surface area is 140 Å². The number of ether oxygens (including phenoxy) is 1. The number of amides is 1. The van der Waals surface area contributed by atoms with Crippen molar-refractivity contribution in [1.29, 1.82) is 0 Å². The summed E-state index contributed by atoms with van der Waals surface area (Å²) in [5, 5.41) is 11.0. The van der Waals surface area contributed by atoms with Gasteiger partial charge in [-0.05, 0) is 30.9 Å². The zero-order valence-corrected chi connectivity index (χ0v) is 14.5. The molecule has 1 amide bonds. The molecule has 7 heteroatoms. The smallest absolute Gasteiger partial charge is 0.224 e. The van der Waals surface area contributed by atoms with Crippen molar-refractivity contribution in [3.8, 4) is 0 Å². The average Bonchev–Trinajstić information content (AvgIpc) is 3.02. The van der Waals surface area contributed by atoms with E-state index in [1.807, 2.05) is 42.0 Å². The van der Waals surface area contributed by atoms with E-state index in [9.17, 15) is 4.79 Å². The van der Waals surface area contributed by atoms with Crippen LogP contribution >= 0.6 is 11.8 Å². The van der Waals surface area contributed by atoms with Crippen LogP contribution in [0.15, 0.2) is 35.5 Å². The van der Waals surface area contributed by atoms with Crippen LogP contribution in [0.4, 0.5) is 0 Å². The third kappa shape index (κ3) is 5.07. The Morgan fingerprint density at radius 1 is 1.39 bits per heavy atom. The van der Waals surface area contributed by atoms with E-state index < -0.39 is 0 Å². The Morgan fingerprint density at radius 3 is 2.78 bits per heavy atom. The fraction of sp³-hybridized carbons (Fsp3) is 0.438. The second-order valence-corrected chi connectivity index (χ2v) is 6.07. The number of thioether (sulfide) groups is 1. The molecule has 0 spiro atoms. The highest BCUT2D eigenvalue weighted by atomic mass is 32.2. The lowest BCUT2D eigenvalue weighted by molar-refractivity contribution is -0.121. The zero-order valence-electron chi connectivity index (χ0n) is 13.7. The van der Waals surface area contributed by atoms with E-state index in [2.05, 4.69) is 15.5 Å². The van der Waals surface area contributed by atoms with Gasteiger partial charge >= 0.3 is 0 Å². The van der Waals surface area contributed by atoms with E-state index in [4.69, 9.17) is 4.74 Å². The summed E-state index contributed by atoms with van der Waals surface area (Å²) in [6.45, 7) is 3.14. The summed E-state index contributed by atoms with van der Waals surface area (Å²) in [7, 11) is 1.65. The second kappa shape index (κ2) is 8.69. The van der Waals surface area contributed by atoms with E-state index in [1.54, 1.807) is 25.2 Å². The first-order valence-corrected chi connectivity index (χ1v) is 8.65. The molecule has 1 aromatic carbocycles. The monoisotopic (exact) mass is 334 g/mol. The van der Waals surface area contributed by atoms with Gasteiger partial charge in [-0.3, -0.25) is 4.79 Å². The maximum atomic E-state index is 12.2. The molecule has 23 heavy (non-hydrogen) atoms. The molecule has 124 valence electrons. The first-order valence-electron chi connectivity index (χ1n) is 7.43. The van der Waals surface area contributed by atoms with E-state index in [0.29, 0.717) is 19.6 Å². The molecule has 1 unspecified atom stereocenters. The number of benzene rings is 1. The van der Waals surface area contributed by atoms with Crippen molar-refractivity contribution in [2.24, 2.45) is 0 Å². The van der Waals surface area contributed by atoms with E-state index in [-0.39, 0.29) is 11.9 Å². The van der Waals surface area contributed by atoms with Gasteiger partial charge in [0.25, 0.3) is 0 Å². The number of hydrogen-bond acceptors (Lipinski definition) is 5. The summed E-state index contributed by atoms with van der Waals surface area (Å²) in [5.41, 5.74) is 0.994. The van der Waals surface area contributed by atoms with Crippen LogP contribution < -0.4 is 5.32 Å². The number of hydrogen-bond donors (Lipinski definition) is 1. The summed E-state index contributed by atoms with van der Waals surface area (Å²) in [6, 6.07) is 7.82. The normalized spacial score (nSPS) is 12.1. The van der Waals surface area contributed by atoms with Crippen LogP contribution in [0.2, 0.25) is 0 Å². The molecule has 0 aliphatic heterocycles. The lowest BCUT2D eigenvalue weighted by atomic mass is 10.1. The number of aromatic nitrogens is 3. The molecular weight excluding hydrogens is 312 g/mol. The van der Waals surface area contributed by atoms with Crippen molar-refractivity contribution in [3.63, 3.8) is 0 Å². The highest BCUT2D eigenvalue weighted by molar-refractivity contribution is 7.98. The number of rotatable bonds is 8. The Morgan fingerprint density at radius 2 is 2.13 bits per heavy atom. The molecule has 0 aliphatic carbocycles. The molecule has 2 aromatic rings. The highest BCUT2D eigenvalue weighted by Gasteiger charge is 2.15. The van der Waals surface area contributed by atoms with Crippen LogP contribution in [-0.4, -0.2) is 40.6 Å². The minimum absolute atomic E-state index is 0.0318. The number of nitrogens with zero attached hydrogens (tertiary/aromatic N) is 3. The van der Waals surface area contributed by atoms with Crippen molar-refractivity contribution in [1.82, 2.24) is 20.1 Å². The number of nitrogens with one attached hydrogen (secondary N) is 1. The molecule has 6 nitrogen and oxygen atoms in total. The van der Waals surface area contributed by atoms with Gasteiger partial charge in [0.1, 0.15) is 6.33 Å². The van der Waals surface area contributed by atoms with Crippen molar-refractivity contribution >= 4 is 17.7 Å². The Bertz CT molecular complexity index is 627. The van der Waals surface area contributed by atoms with Gasteiger partial charge in [-0.15, -0.1) is 22.0 Å². The first-order chi connectivity index (χ1) is 11.1. The second-order valence-electron chi connectivity index (χ2n) is 5.19. The predicted molar refractivity (Wildman–Crippen MR) is 90.4 cm³/mol. The lowest BCUT2D eigenvalue weighted by Crippen LogP contribution is -2.30. The summed E-state index contributed by atoms with van der Waals surface area (Å²) in [5.74, 6) is 0.698. The van der Waals surface area contributed by atoms with Crippen molar-refractivity contribution in [3.05, 3.63) is 42.0 Å². The maximum absolute atomic E-state index is 12.2. The fourth-order valence-corrected chi connectivity index (χ4v) is 2.66. The SMILES string of the molecule is COCCn1cnnc1C(C)NC(=O)Cc1ccc(SC)cc1. The molecule has 0 fully saturated rings. The van der Waals surface area contributed by atoms with Gasteiger partial charge in [-0.2, -0.15) is 0 Å². The minimum atomic E-state index is -0.202. The first kappa shape index (κ1) is 17.5. The largest absolute Gasteiger partial charge is 0.383 e. The summed E-state index contributed by atoms with van der Waals surface area (Å²) in [4.78, 5) is 13.4. The maximum Gasteiger partial charge on any atom is 0.224 e. The van der Waals surface area contributed by atoms with Gasteiger partial charge in [-0.25, -0.2) is 0 Å². The molecule has 1 atom stereocenters. The summed E-state index contributed by atoms with van der Waals surface area (Å²) >= 11 is 1.68. The van der Waals surface area contributed by atoms with Crippen LogP contribution in [-0.2, 0) is 22.5 Å². The van der Waals surface area contributed by atoms with Gasteiger partial charge in [0, 0.05) is 18.6 Å². The minimum Gasteiger partial charge on any atom is -0.383 e. The Kier molecular flexibility index (Phi) is 6.61. The van der Waals surface area contributed by atoms with E-state index in [0.717, 1.165) is 11.4 Å². The van der Waals surface area contributed by atoms with Gasteiger partial charge in [0.2, 0.25) is 5.91 Å². The highest BCUT2D eigenvalue weighted by Crippen LogP contribution is 2.15. The predicted octanol–water partition coefficient (Wildman–Crippen LogP) is 2.07. The third-order valence-corrected chi connectivity index (χ3v) is 4.21. The number of carbonyl (C=O) groups excluding carboxylic acids is 1. The molecule has 1 aromatic heterocycles. The van der Waals surface area contributed by atoms with Gasteiger partial charge in [-0.1, -0.05) is 12.1 Å². The van der Waals surface area contributed by atoms with Gasteiger partial charge in [0.05, 0.1) is 19.1 Å². The molecule has 1 heterocycles. The van der Waals surface area contributed by atoms with Crippen molar-refractivity contribution in [2.45, 2.75) is 30.8 Å². The van der Waals surface area contributed by atoms with Crippen molar-refractivity contribution < 1.29 is 9.53 Å².